The summed E-state index contributed by atoms with van der Waals surface area (Å²) in [6, 6.07) is 24.8. The number of hydrogen-bond acceptors (Lipinski definition) is 5. The third-order valence-electron chi connectivity index (χ3n) is 7.39. The van der Waals surface area contributed by atoms with Crippen LogP contribution in [-0.4, -0.2) is 54.8 Å². The fourth-order valence-corrected chi connectivity index (χ4v) is 5.23. The van der Waals surface area contributed by atoms with Crippen molar-refractivity contribution in [3.05, 3.63) is 95.6 Å². The average molecular weight is 577 g/mol. The van der Waals surface area contributed by atoms with Crippen molar-refractivity contribution in [1.29, 1.82) is 5.41 Å². The maximum atomic E-state index is 13.1. The van der Waals surface area contributed by atoms with Crippen molar-refractivity contribution in [3.8, 4) is 11.1 Å². The SMILES string of the molecule is COC(=O)C[C@@H]1C[C@@H](CCNC(=O)c2ccc(-c3cccc(C(=N)N)c3)cc2)N(CCCc2ccccc2)C1=O.Cl. The maximum Gasteiger partial charge on any atom is 0.306 e. The van der Waals surface area contributed by atoms with Gasteiger partial charge in [0.25, 0.3) is 5.91 Å². The van der Waals surface area contributed by atoms with E-state index in [0.717, 1.165) is 24.0 Å². The standard InChI is InChI=1S/C32H36N4O4.ClH/c1-40-29(37)21-27-20-28(36(32(27)39)18-6-9-22-7-3-2-4-8-22)16-17-35-31(38)24-14-12-23(13-15-24)25-10-5-11-26(19-25)30(33)34;/h2-5,7-8,10-15,19,27-28H,6,9,16-18,20-21H2,1H3,(H3,33,34)(H,35,38);1H/t27-,28+;/m0./s1. The second-order valence-corrected chi connectivity index (χ2v) is 10.1. The lowest BCUT2D eigenvalue weighted by Crippen LogP contribution is -2.37. The molecule has 3 aromatic carbocycles. The molecule has 1 aliphatic rings. The van der Waals surface area contributed by atoms with Gasteiger partial charge >= 0.3 is 5.97 Å². The van der Waals surface area contributed by atoms with Crippen molar-refractivity contribution in [2.45, 2.75) is 38.1 Å². The number of hydrogen-bond donors (Lipinski definition) is 3. The number of esters is 1. The topological polar surface area (TPSA) is 126 Å². The third-order valence-corrected chi connectivity index (χ3v) is 7.39. The van der Waals surface area contributed by atoms with E-state index in [1.54, 1.807) is 18.2 Å². The van der Waals surface area contributed by atoms with E-state index in [9.17, 15) is 14.4 Å². The van der Waals surface area contributed by atoms with E-state index in [0.29, 0.717) is 37.1 Å². The molecule has 1 saturated heterocycles. The second kappa shape index (κ2) is 15.0. The Morgan fingerprint density at radius 1 is 1.00 bits per heavy atom. The number of nitrogens with zero attached hydrogens (tertiary/aromatic N) is 1. The van der Waals surface area contributed by atoms with Crippen molar-refractivity contribution < 1.29 is 19.1 Å². The second-order valence-electron chi connectivity index (χ2n) is 10.1. The number of aryl methyl sites for hydroxylation is 1. The third kappa shape index (κ3) is 8.41. The average Bonchev–Trinajstić information content (AvgIpc) is 3.26. The molecule has 0 bridgehead atoms. The van der Waals surface area contributed by atoms with Crippen molar-refractivity contribution >= 4 is 36.0 Å². The minimum atomic E-state index is -0.390. The summed E-state index contributed by atoms with van der Waals surface area (Å²) in [5.74, 6) is -0.963. The molecule has 1 aliphatic heterocycles. The lowest BCUT2D eigenvalue weighted by atomic mass is 10.00. The van der Waals surface area contributed by atoms with Crippen LogP contribution in [0.25, 0.3) is 11.1 Å². The number of methoxy groups -OCH3 is 1. The van der Waals surface area contributed by atoms with Crippen molar-refractivity contribution in [2.75, 3.05) is 20.2 Å². The van der Waals surface area contributed by atoms with Gasteiger partial charge in [-0.25, -0.2) is 0 Å². The predicted molar refractivity (Wildman–Crippen MR) is 162 cm³/mol. The number of rotatable bonds is 12. The highest BCUT2D eigenvalue weighted by atomic mass is 35.5. The van der Waals surface area contributed by atoms with E-state index in [1.165, 1.54) is 12.7 Å². The first-order valence-corrected chi connectivity index (χ1v) is 13.6. The minimum absolute atomic E-state index is 0. The van der Waals surface area contributed by atoms with Crippen LogP contribution >= 0.6 is 12.4 Å². The van der Waals surface area contributed by atoms with Gasteiger partial charge in [0.2, 0.25) is 5.91 Å². The molecule has 1 fully saturated rings. The Balaban J connectivity index is 0.00000462. The van der Waals surface area contributed by atoms with Gasteiger partial charge in [0.15, 0.2) is 0 Å². The highest BCUT2D eigenvalue weighted by molar-refractivity contribution is 5.97. The zero-order chi connectivity index (χ0) is 28.5. The van der Waals surface area contributed by atoms with Gasteiger partial charge in [-0.2, -0.15) is 0 Å². The zero-order valence-electron chi connectivity index (χ0n) is 23.2. The fourth-order valence-electron chi connectivity index (χ4n) is 5.23. The molecule has 0 aliphatic carbocycles. The number of carbonyl (C=O) groups excluding carboxylic acids is 3. The predicted octanol–water partition coefficient (Wildman–Crippen LogP) is 4.59. The molecule has 0 saturated carbocycles. The Hall–Kier alpha value is -4.17. The quantitative estimate of drug-likeness (QED) is 0.165. The lowest BCUT2D eigenvalue weighted by molar-refractivity contribution is -0.144. The molecule has 0 spiro atoms. The van der Waals surface area contributed by atoms with Gasteiger partial charge in [-0.05, 0) is 60.6 Å². The van der Waals surface area contributed by atoms with E-state index < -0.39 is 0 Å². The van der Waals surface area contributed by atoms with E-state index in [-0.39, 0.29) is 54.4 Å². The Labute approximate surface area is 247 Å². The number of nitrogens with one attached hydrogen (secondary N) is 2. The molecule has 3 aromatic rings. The molecular formula is C32H37ClN4O4. The minimum Gasteiger partial charge on any atom is -0.469 e. The molecule has 216 valence electrons. The zero-order valence-corrected chi connectivity index (χ0v) is 24.0. The molecule has 41 heavy (non-hydrogen) atoms. The first-order chi connectivity index (χ1) is 19.4. The van der Waals surface area contributed by atoms with Crippen LogP contribution in [0, 0.1) is 11.3 Å². The molecule has 2 amide bonds. The summed E-state index contributed by atoms with van der Waals surface area (Å²) in [5, 5.41) is 10.6. The number of ether oxygens (including phenoxy) is 1. The number of halogens is 1. The molecule has 8 nitrogen and oxygen atoms in total. The van der Waals surface area contributed by atoms with E-state index in [1.807, 2.05) is 53.4 Å². The monoisotopic (exact) mass is 576 g/mol. The van der Waals surface area contributed by atoms with E-state index in [2.05, 4.69) is 17.4 Å². The summed E-state index contributed by atoms with van der Waals surface area (Å²) in [6.07, 6.45) is 2.95. The summed E-state index contributed by atoms with van der Waals surface area (Å²) in [4.78, 5) is 39.7. The van der Waals surface area contributed by atoms with Gasteiger partial charge in [0.05, 0.1) is 19.4 Å². The van der Waals surface area contributed by atoms with Crippen molar-refractivity contribution in [3.63, 3.8) is 0 Å². The fraction of sp³-hybridized carbons (Fsp3) is 0.312. The normalized spacial score (nSPS) is 16.1. The molecule has 4 N–H and O–H groups in total. The Morgan fingerprint density at radius 3 is 2.41 bits per heavy atom. The van der Waals surface area contributed by atoms with Gasteiger partial charge in [-0.15, -0.1) is 12.4 Å². The first-order valence-electron chi connectivity index (χ1n) is 13.6. The van der Waals surface area contributed by atoms with Gasteiger partial charge < -0.3 is 20.7 Å². The van der Waals surface area contributed by atoms with Gasteiger partial charge in [-0.3, -0.25) is 19.8 Å². The highest BCUT2D eigenvalue weighted by Crippen LogP contribution is 2.30. The summed E-state index contributed by atoms with van der Waals surface area (Å²) in [6.45, 7) is 1.02. The Bertz CT molecular complexity index is 1350. The van der Waals surface area contributed by atoms with Crippen LogP contribution in [-0.2, 0) is 20.7 Å². The van der Waals surface area contributed by atoms with Gasteiger partial charge in [0, 0.05) is 30.3 Å². The first kappa shape index (κ1) is 31.4. The Morgan fingerprint density at radius 2 is 1.73 bits per heavy atom. The van der Waals surface area contributed by atoms with Crippen LogP contribution in [0.4, 0.5) is 0 Å². The molecule has 1 heterocycles. The van der Waals surface area contributed by atoms with E-state index in [4.69, 9.17) is 15.9 Å². The summed E-state index contributed by atoms with van der Waals surface area (Å²) >= 11 is 0. The van der Waals surface area contributed by atoms with Crippen molar-refractivity contribution in [2.24, 2.45) is 11.7 Å². The summed E-state index contributed by atoms with van der Waals surface area (Å²) in [5.41, 5.74) is 9.85. The molecule has 0 aromatic heterocycles. The number of nitrogens with two attached hydrogens (primary N) is 1. The molecule has 0 radical (unpaired) electrons. The van der Waals surface area contributed by atoms with Gasteiger partial charge in [0.1, 0.15) is 5.84 Å². The number of likely N-dealkylation sites (tertiary alicyclic amines) is 1. The van der Waals surface area contributed by atoms with Crippen LogP contribution in [0.5, 0.6) is 0 Å². The number of benzene rings is 3. The number of nitrogen functional groups attached to an aromatic ring is 1. The van der Waals surface area contributed by atoms with Crippen molar-refractivity contribution in [1.82, 2.24) is 10.2 Å². The van der Waals surface area contributed by atoms with E-state index >= 15 is 0 Å². The molecule has 2 atom stereocenters. The number of carbonyl (C=O) groups is 3. The number of amidine groups is 1. The molecule has 0 unspecified atom stereocenters. The smallest absolute Gasteiger partial charge is 0.306 e. The van der Waals surface area contributed by atoms with Crippen LogP contribution in [0.3, 0.4) is 0 Å². The lowest BCUT2D eigenvalue weighted by Gasteiger charge is -2.25. The van der Waals surface area contributed by atoms with Gasteiger partial charge in [-0.1, -0.05) is 60.7 Å². The number of amides is 2. The van der Waals surface area contributed by atoms with Crippen LogP contribution < -0.4 is 11.1 Å². The maximum absolute atomic E-state index is 13.1. The highest BCUT2D eigenvalue weighted by Gasteiger charge is 2.39. The summed E-state index contributed by atoms with van der Waals surface area (Å²) in [7, 11) is 1.34. The van der Waals surface area contributed by atoms with Crippen LogP contribution in [0.1, 0.15) is 47.2 Å². The Kier molecular flexibility index (Phi) is 11.5. The summed E-state index contributed by atoms with van der Waals surface area (Å²) < 4.78 is 4.80. The molecule has 4 rings (SSSR count). The molecule has 9 heteroatoms. The molecular weight excluding hydrogens is 540 g/mol. The van der Waals surface area contributed by atoms with Crippen LogP contribution in [0.15, 0.2) is 78.9 Å². The van der Waals surface area contributed by atoms with Crippen LogP contribution in [0.2, 0.25) is 0 Å². The largest absolute Gasteiger partial charge is 0.469 e.